The van der Waals surface area contributed by atoms with Gasteiger partial charge in [0, 0.05) is 52.0 Å². The second-order valence-electron chi connectivity index (χ2n) is 7.88. The van der Waals surface area contributed by atoms with Gasteiger partial charge in [-0.25, -0.2) is 0 Å². The van der Waals surface area contributed by atoms with Crippen LogP contribution in [0.5, 0.6) is 11.5 Å². The summed E-state index contributed by atoms with van der Waals surface area (Å²) in [6, 6.07) is 14.3. The molecule has 0 unspecified atom stereocenters. The summed E-state index contributed by atoms with van der Waals surface area (Å²) in [7, 11) is 7.13. The third kappa shape index (κ3) is 6.87. The lowest BCUT2D eigenvalue weighted by atomic mass is 10.1. The van der Waals surface area contributed by atoms with Gasteiger partial charge in [-0.2, -0.15) is 0 Å². The zero-order valence-electron chi connectivity index (χ0n) is 19.6. The van der Waals surface area contributed by atoms with Crippen molar-refractivity contribution in [2.45, 2.75) is 38.6 Å². The highest BCUT2D eigenvalue weighted by atomic mass is 16.5. The normalized spacial score (nSPS) is 14.8. The molecular weight excluding hydrogens is 406 g/mol. The molecule has 1 fully saturated rings. The third-order valence-electron chi connectivity index (χ3n) is 5.57. The number of hydrogen-bond acceptors (Lipinski definition) is 5. The fraction of sp³-hybridized carbons (Fsp3) is 0.480. The average molecular weight is 442 g/mol. The average Bonchev–Trinajstić information content (AvgIpc) is 2.84. The molecule has 3 rings (SSSR count). The highest BCUT2D eigenvalue weighted by Gasteiger charge is 2.14. The van der Waals surface area contributed by atoms with E-state index in [2.05, 4.69) is 39.5 Å². The minimum atomic E-state index is 0.299. The van der Waals surface area contributed by atoms with Crippen LogP contribution in [0.3, 0.4) is 0 Å². The van der Waals surface area contributed by atoms with Gasteiger partial charge in [0.2, 0.25) is 0 Å². The van der Waals surface area contributed by atoms with E-state index in [1.54, 1.807) is 21.3 Å². The number of nitrogens with zero attached hydrogens (tertiary/aromatic N) is 2. The number of rotatable bonds is 9. The fourth-order valence-corrected chi connectivity index (χ4v) is 3.76. The van der Waals surface area contributed by atoms with Gasteiger partial charge in [0.15, 0.2) is 5.96 Å². The van der Waals surface area contributed by atoms with E-state index in [1.807, 2.05) is 25.2 Å². The molecule has 0 saturated carbocycles. The Labute approximate surface area is 191 Å². The summed E-state index contributed by atoms with van der Waals surface area (Å²) < 4.78 is 22.3. The van der Waals surface area contributed by atoms with Gasteiger partial charge in [0.1, 0.15) is 11.5 Å². The zero-order valence-corrected chi connectivity index (χ0v) is 19.6. The van der Waals surface area contributed by atoms with Crippen LogP contribution in [0.25, 0.3) is 0 Å². The van der Waals surface area contributed by atoms with Crippen molar-refractivity contribution in [3.8, 4) is 11.5 Å². The Hall–Kier alpha value is -2.77. The predicted molar refractivity (Wildman–Crippen MR) is 126 cm³/mol. The van der Waals surface area contributed by atoms with Gasteiger partial charge in [0.05, 0.1) is 26.9 Å². The number of benzene rings is 2. The monoisotopic (exact) mass is 441 g/mol. The number of guanidine groups is 1. The molecule has 1 aliphatic rings. The summed E-state index contributed by atoms with van der Waals surface area (Å²) in [5.41, 5.74) is 3.43. The van der Waals surface area contributed by atoms with Crippen molar-refractivity contribution in [1.82, 2.24) is 10.2 Å². The molecule has 7 nitrogen and oxygen atoms in total. The molecule has 1 aliphatic heterocycles. The smallest absolute Gasteiger partial charge is 0.193 e. The predicted octanol–water partition coefficient (Wildman–Crippen LogP) is 3.61. The van der Waals surface area contributed by atoms with Crippen molar-refractivity contribution in [3.63, 3.8) is 0 Å². The Morgan fingerprint density at radius 2 is 1.88 bits per heavy atom. The van der Waals surface area contributed by atoms with Crippen LogP contribution in [0.2, 0.25) is 0 Å². The second kappa shape index (κ2) is 12.3. The van der Waals surface area contributed by atoms with E-state index in [4.69, 9.17) is 18.9 Å². The summed E-state index contributed by atoms with van der Waals surface area (Å²) >= 11 is 0. The quantitative estimate of drug-likeness (QED) is 0.474. The van der Waals surface area contributed by atoms with E-state index in [0.717, 1.165) is 49.1 Å². The standard InChI is InChI=1S/C25H35N3O4/c1-26-25(28(2)17-21-8-9-23(29-3)15-24(21)30-4)27-16-19-6-5-7-20(14-19)18-32-22-10-12-31-13-11-22/h5-9,14-15,22H,10-13,16-18H2,1-4H3,(H,26,27). The van der Waals surface area contributed by atoms with Crippen molar-refractivity contribution >= 4 is 5.96 Å². The van der Waals surface area contributed by atoms with Crippen molar-refractivity contribution in [2.24, 2.45) is 4.99 Å². The molecule has 7 heteroatoms. The van der Waals surface area contributed by atoms with Gasteiger partial charge >= 0.3 is 0 Å². The highest BCUT2D eigenvalue weighted by Crippen LogP contribution is 2.25. The topological polar surface area (TPSA) is 64.6 Å². The molecule has 1 saturated heterocycles. The second-order valence-corrected chi connectivity index (χ2v) is 7.88. The summed E-state index contributed by atoms with van der Waals surface area (Å²) in [5.74, 6) is 2.38. The molecule has 2 aromatic carbocycles. The van der Waals surface area contributed by atoms with Crippen LogP contribution in [0.1, 0.15) is 29.5 Å². The summed E-state index contributed by atoms with van der Waals surface area (Å²) in [6.45, 7) is 3.56. The lowest BCUT2D eigenvalue weighted by Gasteiger charge is -2.24. The first-order valence-corrected chi connectivity index (χ1v) is 11.0. The van der Waals surface area contributed by atoms with Crippen LogP contribution in [0.15, 0.2) is 47.5 Å². The maximum Gasteiger partial charge on any atom is 0.193 e. The van der Waals surface area contributed by atoms with Crippen LogP contribution in [-0.2, 0) is 29.2 Å². The van der Waals surface area contributed by atoms with Crippen LogP contribution in [0, 0.1) is 0 Å². The molecule has 0 spiro atoms. The molecule has 0 aromatic heterocycles. The van der Waals surface area contributed by atoms with E-state index in [1.165, 1.54) is 11.1 Å². The van der Waals surface area contributed by atoms with E-state index < -0.39 is 0 Å². The van der Waals surface area contributed by atoms with E-state index >= 15 is 0 Å². The number of ether oxygens (including phenoxy) is 4. The number of aliphatic imine (C=N–C) groups is 1. The molecule has 0 atom stereocenters. The first-order valence-electron chi connectivity index (χ1n) is 11.0. The molecule has 0 radical (unpaired) electrons. The molecule has 0 bridgehead atoms. The molecule has 1 N–H and O–H groups in total. The summed E-state index contributed by atoms with van der Waals surface area (Å²) in [4.78, 5) is 6.51. The van der Waals surface area contributed by atoms with Crippen LogP contribution in [0.4, 0.5) is 0 Å². The van der Waals surface area contributed by atoms with E-state index in [-0.39, 0.29) is 0 Å². The fourth-order valence-electron chi connectivity index (χ4n) is 3.76. The first kappa shape index (κ1) is 23.9. The van der Waals surface area contributed by atoms with Crippen LogP contribution < -0.4 is 14.8 Å². The largest absolute Gasteiger partial charge is 0.497 e. The zero-order chi connectivity index (χ0) is 22.8. The number of nitrogens with one attached hydrogen (secondary N) is 1. The van der Waals surface area contributed by atoms with Gasteiger partial charge in [-0.1, -0.05) is 24.3 Å². The Morgan fingerprint density at radius 1 is 1.09 bits per heavy atom. The molecule has 0 aliphatic carbocycles. The van der Waals surface area contributed by atoms with Crippen molar-refractivity contribution in [1.29, 1.82) is 0 Å². The Kier molecular flexibility index (Phi) is 9.19. The Bertz CT molecular complexity index is 881. The van der Waals surface area contributed by atoms with Crippen molar-refractivity contribution in [3.05, 3.63) is 59.2 Å². The highest BCUT2D eigenvalue weighted by molar-refractivity contribution is 5.79. The van der Waals surface area contributed by atoms with Crippen molar-refractivity contribution in [2.75, 3.05) is 41.5 Å². The molecule has 1 heterocycles. The Morgan fingerprint density at radius 3 is 2.59 bits per heavy atom. The minimum Gasteiger partial charge on any atom is -0.497 e. The third-order valence-corrected chi connectivity index (χ3v) is 5.57. The lowest BCUT2D eigenvalue weighted by Crippen LogP contribution is -2.38. The molecule has 2 aromatic rings. The molecular formula is C25H35N3O4. The Balaban J connectivity index is 1.54. The molecule has 0 amide bonds. The maximum atomic E-state index is 6.06. The summed E-state index contributed by atoms with van der Waals surface area (Å²) in [5, 5.41) is 3.45. The molecule has 32 heavy (non-hydrogen) atoms. The van der Waals surface area contributed by atoms with Gasteiger partial charge in [0.25, 0.3) is 0 Å². The van der Waals surface area contributed by atoms with Gasteiger partial charge in [-0.05, 0) is 36.1 Å². The number of hydrogen-bond donors (Lipinski definition) is 1. The van der Waals surface area contributed by atoms with E-state index in [0.29, 0.717) is 25.8 Å². The van der Waals surface area contributed by atoms with Gasteiger partial charge < -0.3 is 29.2 Å². The van der Waals surface area contributed by atoms with Crippen LogP contribution in [-0.4, -0.2) is 58.5 Å². The SMILES string of the molecule is CN=C(NCc1cccc(COC2CCOCC2)c1)N(C)Cc1ccc(OC)cc1OC. The first-order chi connectivity index (χ1) is 15.6. The van der Waals surface area contributed by atoms with Crippen molar-refractivity contribution < 1.29 is 18.9 Å². The summed E-state index contributed by atoms with van der Waals surface area (Å²) in [6.07, 6.45) is 2.25. The molecule has 174 valence electrons. The van der Waals surface area contributed by atoms with Gasteiger partial charge in [-0.3, -0.25) is 4.99 Å². The van der Waals surface area contributed by atoms with E-state index in [9.17, 15) is 0 Å². The minimum absolute atomic E-state index is 0.299. The lowest BCUT2D eigenvalue weighted by molar-refractivity contribution is -0.0390. The van der Waals surface area contributed by atoms with Crippen LogP contribution >= 0.6 is 0 Å². The van der Waals surface area contributed by atoms with Gasteiger partial charge in [-0.15, -0.1) is 0 Å². The maximum absolute atomic E-state index is 6.06. The number of methoxy groups -OCH3 is 2.